The van der Waals surface area contributed by atoms with Crippen LogP contribution in [0.5, 0.6) is 0 Å². The Balaban J connectivity index is 2.94. The summed E-state index contributed by atoms with van der Waals surface area (Å²) in [5.41, 5.74) is 1.72. The molecule has 1 aromatic rings. The molecule has 0 radical (unpaired) electrons. The average molecular weight is 150 g/mol. The van der Waals surface area contributed by atoms with Crippen LogP contribution in [0.25, 0.3) is 6.08 Å². The molecule has 1 aromatic heterocycles. The van der Waals surface area contributed by atoms with E-state index in [1.165, 1.54) is 0 Å². The Morgan fingerprint density at radius 2 is 2.36 bits per heavy atom. The van der Waals surface area contributed by atoms with Crippen molar-refractivity contribution < 1.29 is 9.21 Å². The number of hydrogen-bond acceptors (Lipinski definition) is 2. The van der Waals surface area contributed by atoms with Crippen molar-refractivity contribution in [1.82, 2.24) is 0 Å². The molecule has 0 unspecified atom stereocenters. The molecule has 0 amide bonds. The molecule has 0 aliphatic rings. The Morgan fingerprint density at radius 1 is 1.64 bits per heavy atom. The molecular formula is C9H10O2. The fourth-order valence-corrected chi connectivity index (χ4v) is 0.773. The first kappa shape index (κ1) is 7.79. The number of hydrogen-bond donors (Lipinski definition) is 0. The highest BCUT2D eigenvalue weighted by Gasteiger charge is 1.96. The summed E-state index contributed by atoms with van der Waals surface area (Å²) in [6, 6.07) is 1.86. The van der Waals surface area contributed by atoms with Crippen LogP contribution in [-0.4, -0.2) is 6.29 Å². The number of carbonyl (C=O) groups is 1. The highest BCUT2D eigenvalue weighted by molar-refractivity contribution is 5.80. The van der Waals surface area contributed by atoms with Gasteiger partial charge in [0.15, 0.2) is 0 Å². The molecule has 58 valence electrons. The molecule has 2 heteroatoms. The lowest BCUT2D eigenvalue weighted by Crippen LogP contribution is -1.76. The van der Waals surface area contributed by atoms with Crippen molar-refractivity contribution in [2.75, 3.05) is 0 Å². The van der Waals surface area contributed by atoms with Gasteiger partial charge in [-0.05, 0) is 37.1 Å². The van der Waals surface area contributed by atoms with Crippen molar-refractivity contribution >= 4 is 12.4 Å². The van der Waals surface area contributed by atoms with Gasteiger partial charge in [0.05, 0.1) is 6.26 Å². The van der Waals surface area contributed by atoms with E-state index >= 15 is 0 Å². The second-order valence-electron chi connectivity index (χ2n) is 2.47. The van der Waals surface area contributed by atoms with Crippen LogP contribution >= 0.6 is 0 Å². The molecule has 0 N–H and O–H groups in total. The minimum atomic E-state index is 0.669. The minimum absolute atomic E-state index is 0.669. The Labute approximate surface area is 65.5 Å². The molecule has 0 bridgehead atoms. The fourth-order valence-electron chi connectivity index (χ4n) is 0.773. The first-order valence-electron chi connectivity index (χ1n) is 3.41. The summed E-state index contributed by atoms with van der Waals surface area (Å²) >= 11 is 0. The first-order chi connectivity index (χ1) is 5.24. The smallest absolute Gasteiger partial charge is 0.145 e. The number of allylic oxidation sites excluding steroid dienone is 1. The zero-order valence-electron chi connectivity index (χ0n) is 6.63. The van der Waals surface area contributed by atoms with Gasteiger partial charge in [0, 0.05) is 0 Å². The monoisotopic (exact) mass is 150 g/mol. The SMILES string of the molecule is C/C(C=O)=C/c1occc1C. The number of carbonyl (C=O) groups excluding carboxylic acids is 1. The van der Waals surface area contributed by atoms with Crippen LogP contribution in [0.2, 0.25) is 0 Å². The van der Waals surface area contributed by atoms with Crippen molar-refractivity contribution in [3.05, 3.63) is 29.2 Å². The van der Waals surface area contributed by atoms with E-state index in [-0.39, 0.29) is 0 Å². The number of rotatable bonds is 2. The van der Waals surface area contributed by atoms with Gasteiger partial charge < -0.3 is 4.42 Å². The summed E-state index contributed by atoms with van der Waals surface area (Å²) < 4.78 is 5.10. The van der Waals surface area contributed by atoms with Crippen molar-refractivity contribution in [1.29, 1.82) is 0 Å². The molecule has 0 aromatic carbocycles. The molecule has 0 spiro atoms. The van der Waals surface area contributed by atoms with Crippen molar-refractivity contribution in [3.63, 3.8) is 0 Å². The molecular weight excluding hydrogens is 140 g/mol. The zero-order valence-corrected chi connectivity index (χ0v) is 6.63. The summed E-state index contributed by atoms with van der Waals surface area (Å²) in [7, 11) is 0. The highest BCUT2D eigenvalue weighted by atomic mass is 16.3. The van der Waals surface area contributed by atoms with Gasteiger partial charge in [0.2, 0.25) is 0 Å². The molecule has 11 heavy (non-hydrogen) atoms. The average Bonchev–Trinajstić information content (AvgIpc) is 2.37. The predicted molar refractivity (Wildman–Crippen MR) is 43.2 cm³/mol. The largest absolute Gasteiger partial charge is 0.465 e. The molecule has 1 heterocycles. The summed E-state index contributed by atoms with van der Waals surface area (Å²) in [6.45, 7) is 3.68. The maximum Gasteiger partial charge on any atom is 0.145 e. The van der Waals surface area contributed by atoms with E-state index in [2.05, 4.69) is 0 Å². The number of furan rings is 1. The van der Waals surface area contributed by atoms with Gasteiger partial charge in [0.25, 0.3) is 0 Å². The predicted octanol–water partition coefficient (Wildman–Crippen LogP) is 2.19. The van der Waals surface area contributed by atoms with Crippen LogP contribution in [0, 0.1) is 6.92 Å². The molecule has 2 nitrogen and oxygen atoms in total. The van der Waals surface area contributed by atoms with E-state index in [0.29, 0.717) is 5.57 Å². The Bertz CT molecular complexity index is 282. The van der Waals surface area contributed by atoms with E-state index in [1.807, 2.05) is 13.0 Å². The summed E-state index contributed by atoms with van der Waals surface area (Å²) in [5, 5.41) is 0. The topological polar surface area (TPSA) is 30.2 Å². The van der Waals surface area contributed by atoms with Crippen LogP contribution in [0.3, 0.4) is 0 Å². The lowest BCUT2D eigenvalue weighted by molar-refractivity contribution is -0.104. The zero-order chi connectivity index (χ0) is 8.27. The van der Waals surface area contributed by atoms with E-state index in [9.17, 15) is 4.79 Å². The number of aldehydes is 1. The normalized spacial score (nSPS) is 11.6. The standard InChI is InChI=1S/C9H10O2/c1-7(6-10)5-9-8(2)3-4-11-9/h3-6H,1-2H3/b7-5-. The maximum absolute atomic E-state index is 10.2. The third-order valence-electron chi connectivity index (χ3n) is 1.45. The highest BCUT2D eigenvalue weighted by Crippen LogP contribution is 2.11. The third-order valence-corrected chi connectivity index (χ3v) is 1.45. The molecule has 0 fully saturated rings. The first-order valence-corrected chi connectivity index (χ1v) is 3.41. The van der Waals surface area contributed by atoms with Gasteiger partial charge in [-0.1, -0.05) is 0 Å². The summed E-state index contributed by atoms with van der Waals surface area (Å²) in [5.74, 6) is 0.759. The maximum atomic E-state index is 10.2. The van der Waals surface area contributed by atoms with E-state index in [4.69, 9.17) is 4.42 Å². The second kappa shape index (κ2) is 3.19. The molecule has 0 aliphatic heterocycles. The van der Waals surface area contributed by atoms with E-state index in [1.54, 1.807) is 19.3 Å². The second-order valence-corrected chi connectivity index (χ2v) is 2.47. The fraction of sp³-hybridized carbons (Fsp3) is 0.222. The van der Waals surface area contributed by atoms with Crippen molar-refractivity contribution in [2.24, 2.45) is 0 Å². The van der Waals surface area contributed by atoms with Gasteiger partial charge in [-0.2, -0.15) is 0 Å². The van der Waals surface area contributed by atoms with Crippen LogP contribution < -0.4 is 0 Å². The van der Waals surface area contributed by atoms with Gasteiger partial charge in [0.1, 0.15) is 12.0 Å². The molecule has 0 aliphatic carbocycles. The molecule has 0 saturated heterocycles. The minimum Gasteiger partial charge on any atom is -0.465 e. The van der Waals surface area contributed by atoms with Crippen LogP contribution in [0.1, 0.15) is 18.2 Å². The lowest BCUT2D eigenvalue weighted by Gasteiger charge is -1.88. The van der Waals surface area contributed by atoms with E-state index in [0.717, 1.165) is 17.6 Å². The summed E-state index contributed by atoms with van der Waals surface area (Å²) in [6.07, 6.45) is 4.14. The molecule has 1 rings (SSSR count). The third kappa shape index (κ3) is 1.80. The van der Waals surface area contributed by atoms with Crippen LogP contribution in [0.15, 0.2) is 22.3 Å². The quantitative estimate of drug-likeness (QED) is 0.478. The van der Waals surface area contributed by atoms with Crippen molar-refractivity contribution in [3.8, 4) is 0 Å². The molecule has 0 atom stereocenters. The van der Waals surface area contributed by atoms with Gasteiger partial charge in [-0.25, -0.2) is 0 Å². The van der Waals surface area contributed by atoms with Crippen LogP contribution in [-0.2, 0) is 4.79 Å². The summed E-state index contributed by atoms with van der Waals surface area (Å²) in [4.78, 5) is 10.2. The number of aryl methyl sites for hydroxylation is 1. The van der Waals surface area contributed by atoms with Gasteiger partial charge in [-0.3, -0.25) is 4.79 Å². The van der Waals surface area contributed by atoms with E-state index < -0.39 is 0 Å². The Kier molecular flexibility index (Phi) is 2.26. The lowest BCUT2D eigenvalue weighted by atomic mass is 10.2. The Hall–Kier alpha value is -1.31. The van der Waals surface area contributed by atoms with Gasteiger partial charge >= 0.3 is 0 Å². The molecule has 0 saturated carbocycles. The van der Waals surface area contributed by atoms with Crippen molar-refractivity contribution in [2.45, 2.75) is 13.8 Å². The van der Waals surface area contributed by atoms with Gasteiger partial charge in [-0.15, -0.1) is 0 Å². The Morgan fingerprint density at radius 3 is 2.82 bits per heavy atom. The van der Waals surface area contributed by atoms with Crippen LogP contribution in [0.4, 0.5) is 0 Å².